The number of fused-ring (bicyclic) bond motifs is 1. The summed E-state index contributed by atoms with van der Waals surface area (Å²) in [7, 11) is -3.86. The van der Waals surface area contributed by atoms with Gasteiger partial charge in [-0.1, -0.05) is 31.9 Å². The quantitative estimate of drug-likeness (QED) is 0.193. The normalized spacial score (nSPS) is 26.8. The third-order valence-corrected chi connectivity index (χ3v) is 9.81. The molecule has 2 heterocycles. The predicted octanol–water partition coefficient (Wildman–Crippen LogP) is 1.87. The van der Waals surface area contributed by atoms with Gasteiger partial charge < -0.3 is 9.64 Å². The van der Waals surface area contributed by atoms with Crippen LogP contribution < -0.4 is 0 Å². The minimum atomic E-state index is -3.86. The predicted molar refractivity (Wildman–Crippen MR) is 101 cm³/mol. The second-order valence-electron chi connectivity index (χ2n) is 6.77. The van der Waals surface area contributed by atoms with Crippen LogP contribution in [0, 0.1) is 10.1 Å². The number of alkyl halides is 2. The van der Waals surface area contributed by atoms with Crippen molar-refractivity contribution in [1.82, 2.24) is 4.90 Å². The lowest BCUT2D eigenvalue weighted by Crippen LogP contribution is -2.69. The van der Waals surface area contributed by atoms with E-state index in [4.69, 9.17) is 4.74 Å². The van der Waals surface area contributed by atoms with Crippen molar-refractivity contribution in [2.45, 2.75) is 39.9 Å². The number of halogens is 2. The number of carbonyl (C=O) groups is 2. The highest BCUT2D eigenvalue weighted by Gasteiger charge is 2.77. The van der Waals surface area contributed by atoms with Crippen LogP contribution in [-0.4, -0.2) is 49.5 Å². The topological polar surface area (TPSA) is 124 Å². The smallest absolute Gasteiger partial charge is 0.330 e. The number of benzene rings is 1. The van der Waals surface area contributed by atoms with Gasteiger partial charge in [0.05, 0.1) is 4.92 Å². The molecule has 0 radical (unpaired) electrons. The van der Waals surface area contributed by atoms with E-state index < -0.39 is 46.0 Å². The molecule has 0 aliphatic carbocycles. The minimum absolute atomic E-state index is 0.104. The molecule has 12 heteroatoms. The van der Waals surface area contributed by atoms with E-state index in [0.717, 1.165) is 4.90 Å². The number of carbonyl (C=O) groups excluding carboxylic acids is 2. The molecule has 2 saturated heterocycles. The highest BCUT2D eigenvalue weighted by atomic mass is 79.9. The van der Waals surface area contributed by atoms with Crippen molar-refractivity contribution in [1.29, 1.82) is 0 Å². The van der Waals surface area contributed by atoms with Gasteiger partial charge in [0.2, 0.25) is 0 Å². The molecular formula is C15H14Br2N2O7S. The number of sulfone groups is 1. The van der Waals surface area contributed by atoms with E-state index in [2.05, 4.69) is 31.9 Å². The fourth-order valence-corrected chi connectivity index (χ4v) is 7.64. The first kappa shape index (κ1) is 20.2. The van der Waals surface area contributed by atoms with Crippen LogP contribution in [0.1, 0.15) is 19.4 Å². The van der Waals surface area contributed by atoms with Crippen LogP contribution in [0.2, 0.25) is 0 Å². The third-order valence-electron chi connectivity index (χ3n) is 4.80. The Morgan fingerprint density at radius 1 is 1.30 bits per heavy atom. The number of hydrogen-bond donors (Lipinski definition) is 0. The van der Waals surface area contributed by atoms with Crippen molar-refractivity contribution in [3.63, 3.8) is 0 Å². The van der Waals surface area contributed by atoms with Gasteiger partial charge in [-0.2, -0.15) is 0 Å². The zero-order valence-corrected chi connectivity index (χ0v) is 18.1. The lowest BCUT2D eigenvalue weighted by atomic mass is 9.98. The molecule has 1 aromatic carbocycles. The van der Waals surface area contributed by atoms with E-state index in [-0.39, 0.29) is 12.3 Å². The first-order chi connectivity index (χ1) is 12.3. The SMILES string of the molecule is CC1(C)[C@@H](C(=O)OCc2ccc([N+](=O)[O-])cc2)N2C(=O)C(Br)(Br)C2S1(=O)=O. The number of amides is 1. The van der Waals surface area contributed by atoms with E-state index in [1.807, 2.05) is 0 Å². The zero-order valence-electron chi connectivity index (χ0n) is 14.1. The Balaban J connectivity index is 1.80. The number of nitrogens with zero attached hydrogens (tertiary/aromatic N) is 2. The molecule has 27 heavy (non-hydrogen) atoms. The molecule has 0 bridgehead atoms. The number of β-lactam (4-membered cyclic amide) rings is 1. The highest BCUT2D eigenvalue weighted by molar-refractivity contribution is 9.26. The average Bonchev–Trinajstić information content (AvgIpc) is 2.74. The molecule has 146 valence electrons. The number of esters is 1. The largest absolute Gasteiger partial charge is 0.459 e. The first-order valence-corrected chi connectivity index (χ1v) is 10.8. The van der Waals surface area contributed by atoms with Crippen molar-refractivity contribution >= 4 is 59.3 Å². The van der Waals surface area contributed by atoms with Crippen molar-refractivity contribution in [3.8, 4) is 0 Å². The summed E-state index contributed by atoms with van der Waals surface area (Å²) in [5.74, 6) is -1.42. The summed E-state index contributed by atoms with van der Waals surface area (Å²) in [6.07, 6.45) is 0. The summed E-state index contributed by atoms with van der Waals surface area (Å²) >= 11 is 6.15. The molecule has 0 saturated carbocycles. The van der Waals surface area contributed by atoms with E-state index >= 15 is 0 Å². The summed E-state index contributed by atoms with van der Waals surface area (Å²) in [6, 6.07) is 4.11. The third kappa shape index (κ3) is 2.80. The van der Waals surface area contributed by atoms with Gasteiger partial charge in [0, 0.05) is 12.1 Å². The van der Waals surface area contributed by atoms with E-state index in [9.17, 15) is 28.1 Å². The van der Waals surface area contributed by atoms with Gasteiger partial charge in [-0.25, -0.2) is 13.2 Å². The molecule has 2 aliphatic heterocycles. The lowest BCUT2D eigenvalue weighted by Gasteiger charge is -2.45. The van der Waals surface area contributed by atoms with Crippen LogP contribution in [0.25, 0.3) is 0 Å². The Kier molecular flexibility index (Phi) is 4.67. The Labute approximate surface area is 171 Å². The molecule has 0 N–H and O–H groups in total. The number of nitro benzene ring substituents is 1. The zero-order chi connectivity index (χ0) is 20.4. The van der Waals surface area contributed by atoms with Gasteiger partial charge in [0.1, 0.15) is 17.4 Å². The second kappa shape index (κ2) is 6.24. The number of non-ortho nitro benzene ring substituents is 1. The van der Waals surface area contributed by atoms with E-state index in [1.54, 1.807) is 0 Å². The van der Waals surface area contributed by atoms with Gasteiger partial charge >= 0.3 is 5.97 Å². The fourth-order valence-electron chi connectivity index (χ4n) is 3.21. The maximum Gasteiger partial charge on any atom is 0.330 e. The maximum atomic E-state index is 12.8. The number of ether oxygens (including phenoxy) is 1. The van der Waals surface area contributed by atoms with Gasteiger partial charge in [-0.3, -0.25) is 14.9 Å². The standard InChI is InChI=1S/C15H14Br2N2O7S/c1-14(2)10(18-12(21)15(16,17)13(18)27(14,24)25)11(20)26-7-8-3-5-9(6-4-8)19(22)23/h3-6,10,13H,7H2,1-2H3/t10-,13?/m1/s1. The van der Waals surface area contributed by atoms with Crippen LogP contribution >= 0.6 is 31.9 Å². The highest BCUT2D eigenvalue weighted by Crippen LogP contribution is 2.56. The molecule has 0 spiro atoms. The van der Waals surface area contributed by atoms with Crippen LogP contribution in [0.5, 0.6) is 0 Å². The molecule has 2 aliphatic rings. The van der Waals surface area contributed by atoms with Crippen molar-refractivity contribution in [3.05, 3.63) is 39.9 Å². The van der Waals surface area contributed by atoms with Crippen LogP contribution in [-0.2, 0) is 30.8 Å². The molecule has 2 fully saturated rings. The van der Waals surface area contributed by atoms with Gasteiger partial charge in [0.15, 0.2) is 18.4 Å². The monoisotopic (exact) mass is 524 g/mol. The Bertz CT molecular complexity index is 943. The minimum Gasteiger partial charge on any atom is -0.459 e. The fraction of sp³-hybridized carbons (Fsp3) is 0.467. The first-order valence-electron chi connectivity index (χ1n) is 7.67. The molecule has 2 atom stereocenters. The molecule has 1 unspecified atom stereocenters. The van der Waals surface area contributed by atoms with E-state index in [0.29, 0.717) is 5.56 Å². The molecule has 3 rings (SSSR count). The second-order valence-corrected chi connectivity index (χ2v) is 12.9. The molecule has 1 aromatic rings. The van der Waals surface area contributed by atoms with Gasteiger partial charge in [-0.05, 0) is 31.5 Å². The average molecular weight is 526 g/mol. The number of rotatable bonds is 4. The van der Waals surface area contributed by atoms with Gasteiger partial charge in [-0.15, -0.1) is 0 Å². The summed E-state index contributed by atoms with van der Waals surface area (Å²) in [6.45, 7) is 2.55. The van der Waals surface area contributed by atoms with Crippen LogP contribution in [0.15, 0.2) is 24.3 Å². The summed E-state index contributed by atoms with van der Waals surface area (Å²) < 4.78 is 27.8. The van der Waals surface area contributed by atoms with Crippen molar-refractivity contribution in [2.75, 3.05) is 0 Å². The van der Waals surface area contributed by atoms with E-state index in [1.165, 1.54) is 38.1 Å². The van der Waals surface area contributed by atoms with Crippen LogP contribution in [0.4, 0.5) is 5.69 Å². The number of hydrogen-bond acceptors (Lipinski definition) is 7. The Morgan fingerprint density at radius 3 is 2.37 bits per heavy atom. The maximum absolute atomic E-state index is 12.8. The Morgan fingerprint density at radius 2 is 1.85 bits per heavy atom. The summed E-state index contributed by atoms with van der Waals surface area (Å²) in [5, 5.41) is 9.44. The number of nitro groups is 1. The van der Waals surface area contributed by atoms with Crippen LogP contribution in [0.3, 0.4) is 0 Å². The summed E-state index contributed by atoms with van der Waals surface area (Å²) in [5.41, 5.74) is 0.391. The molecule has 1 amide bonds. The van der Waals surface area contributed by atoms with Crippen molar-refractivity contribution < 1.29 is 27.7 Å². The molecule has 9 nitrogen and oxygen atoms in total. The van der Waals surface area contributed by atoms with Crippen molar-refractivity contribution in [2.24, 2.45) is 0 Å². The molecular weight excluding hydrogens is 512 g/mol. The van der Waals surface area contributed by atoms with Gasteiger partial charge in [0.25, 0.3) is 11.6 Å². The summed E-state index contributed by atoms with van der Waals surface area (Å²) in [4.78, 5) is 36.1. The Hall–Kier alpha value is -1.53. The molecule has 0 aromatic heterocycles. The lowest BCUT2D eigenvalue weighted by molar-refractivity contribution is -0.384.